The first-order chi connectivity index (χ1) is 15.3. The summed E-state index contributed by atoms with van der Waals surface area (Å²) in [5.41, 5.74) is 1.29. The van der Waals surface area contributed by atoms with Gasteiger partial charge in [-0.3, -0.25) is 0 Å². The zero-order valence-electron chi connectivity index (χ0n) is 17.3. The molecule has 2 aromatic rings. The molecule has 1 atom stereocenters. The van der Waals surface area contributed by atoms with Crippen molar-refractivity contribution in [2.45, 2.75) is 38.1 Å². The predicted molar refractivity (Wildman–Crippen MR) is 112 cm³/mol. The largest absolute Gasteiger partial charge is 0.463 e. The molecule has 0 saturated carbocycles. The van der Waals surface area contributed by atoms with Gasteiger partial charge in [-0.05, 0) is 37.6 Å². The summed E-state index contributed by atoms with van der Waals surface area (Å²) in [6.45, 7) is 0.835. The molecule has 2 amide bonds. The van der Waals surface area contributed by atoms with Crippen LogP contribution in [0.2, 0.25) is 0 Å². The first kappa shape index (κ1) is 23.3. The van der Waals surface area contributed by atoms with E-state index in [0.29, 0.717) is 34.2 Å². The highest BCUT2D eigenvalue weighted by atomic mass is 32.2. The number of hydrogen-bond donors (Lipinski definition) is 3. The molecule has 0 fully saturated rings. The number of nitrogens with one attached hydrogen (secondary N) is 2. The molecule has 1 aromatic carbocycles. The van der Waals surface area contributed by atoms with Crippen LogP contribution in [0.1, 0.15) is 20.3 Å². The summed E-state index contributed by atoms with van der Waals surface area (Å²) in [6, 6.07) is 4.91. The summed E-state index contributed by atoms with van der Waals surface area (Å²) in [4.78, 5) is 24.4. The molecule has 13 heteroatoms. The minimum absolute atomic E-state index is 0.00648. The van der Waals surface area contributed by atoms with Gasteiger partial charge in [0.25, 0.3) is 0 Å². The van der Waals surface area contributed by atoms with Gasteiger partial charge in [-0.1, -0.05) is 18.7 Å². The van der Waals surface area contributed by atoms with E-state index in [1.165, 1.54) is 40.7 Å². The van der Waals surface area contributed by atoms with E-state index in [1.54, 1.807) is 6.92 Å². The molecule has 32 heavy (non-hydrogen) atoms. The SMILES string of the molecule is CCOC(=O)C1=C(CSc2nnc(-c3ccc(OC(F)F)cc3)n2N)NC(=O)N[C@@H]1CC. The van der Waals surface area contributed by atoms with Crippen molar-refractivity contribution in [2.24, 2.45) is 0 Å². The first-order valence-corrected chi connectivity index (χ1v) is 10.7. The van der Waals surface area contributed by atoms with Gasteiger partial charge in [0.2, 0.25) is 5.16 Å². The summed E-state index contributed by atoms with van der Waals surface area (Å²) >= 11 is 1.17. The molecule has 3 rings (SSSR count). The summed E-state index contributed by atoms with van der Waals surface area (Å²) in [7, 11) is 0. The number of hydrogen-bond acceptors (Lipinski definition) is 8. The molecular weight excluding hydrogens is 446 g/mol. The first-order valence-electron chi connectivity index (χ1n) is 9.70. The lowest BCUT2D eigenvalue weighted by Gasteiger charge is -2.28. The van der Waals surface area contributed by atoms with Gasteiger partial charge in [0, 0.05) is 17.0 Å². The summed E-state index contributed by atoms with van der Waals surface area (Å²) in [6.07, 6.45) is 0.512. The molecule has 2 heterocycles. The number of alkyl halides is 2. The van der Waals surface area contributed by atoms with Gasteiger partial charge < -0.3 is 25.9 Å². The summed E-state index contributed by atoms with van der Waals surface area (Å²) in [5, 5.41) is 13.8. The fraction of sp³-hybridized carbons (Fsp3) is 0.368. The predicted octanol–water partition coefficient (Wildman–Crippen LogP) is 2.26. The van der Waals surface area contributed by atoms with Crippen LogP contribution in [0.15, 0.2) is 40.7 Å². The van der Waals surface area contributed by atoms with Gasteiger partial charge in [0.1, 0.15) is 5.75 Å². The lowest BCUT2D eigenvalue weighted by atomic mass is 10.0. The van der Waals surface area contributed by atoms with Crippen molar-refractivity contribution in [3.05, 3.63) is 35.5 Å². The normalized spacial score (nSPS) is 16.0. The average Bonchev–Trinajstić information content (AvgIpc) is 3.12. The minimum atomic E-state index is -2.92. The van der Waals surface area contributed by atoms with Gasteiger partial charge >= 0.3 is 18.6 Å². The Bertz CT molecular complexity index is 1010. The van der Waals surface area contributed by atoms with Crippen molar-refractivity contribution in [2.75, 3.05) is 18.2 Å². The molecule has 0 unspecified atom stereocenters. The molecule has 0 bridgehead atoms. The molecule has 0 saturated heterocycles. The molecule has 0 spiro atoms. The van der Waals surface area contributed by atoms with Crippen molar-refractivity contribution in [1.29, 1.82) is 0 Å². The van der Waals surface area contributed by atoms with Gasteiger partial charge in [-0.15, -0.1) is 10.2 Å². The van der Waals surface area contributed by atoms with Gasteiger partial charge in [0.15, 0.2) is 5.82 Å². The van der Waals surface area contributed by atoms with E-state index in [9.17, 15) is 18.4 Å². The molecule has 1 aliphatic heterocycles. The van der Waals surface area contributed by atoms with Crippen LogP contribution in [-0.4, -0.2) is 51.9 Å². The van der Waals surface area contributed by atoms with Gasteiger partial charge in [-0.25, -0.2) is 14.3 Å². The van der Waals surface area contributed by atoms with E-state index in [-0.39, 0.29) is 18.1 Å². The van der Waals surface area contributed by atoms with Crippen molar-refractivity contribution >= 4 is 23.8 Å². The fourth-order valence-electron chi connectivity index (χ4n) is 3.07. The number of aromatic nitrogens is 3. The van der Waals surface area contributed by atoms with Crippen molar-refractivity contribution < 1.29 is 27.8 Å². The zero-order valence-corrected chi connectivity index (χ0v) is 18.1. The van der Waals surface area contributed by atoms with E-state index in [4.69, 9.17) is 10.6 Å². The lowest BCUT2D eigenvalue weighted by Crippen LogP contribution is -2.50. The Morgan fingerprint density at radius 1 is 1.28 bits per heavy atom. The number of thioether (sulfide) groups is 1. The standard InChI is InChI=1S/C19H22F2N6O4S/c1-3-12-14(16(28)30-4-2)13(24-18(29)23-12)9-32-19-26-25-15(27(19)22)10-5-7-11(8-6-10)31-17(20)21/h5-8,12,17H,3-4,9,22H2,1-2H3,(H2,23,24,29)/t12-/m1/s1. The molecule has 0 aliphatic carbocycles. The third-order valence-electron chi connectivity index (χ3n) is 4.49. The number of amides is 2. The Kier molecular flexibility index (Phi) is 7.51. The van der Waals surface area contributed by atoms with Crippen LogP contribution in [0.3, 0.4) is 0 Å². The average molecular weight is 468 g/mol. The van der Waals surface area contributed by atoms with E-state index in [2.05, 4.69) is 25.6 Å². The number of nitrogens with two attached hydrogens (primary N) is 1. The maximum absolute atomic E-state index is 12.5. The highest BCUT2D eigenvalue weighted by molar-refractivity contribution is 7.99. The number of nitrogen functional groups attached to an aromatic ring is 1. The van der Waals surface area contributed by atoms with Gasteiger partial charge in [-0.2, -0.15) is 8.78 Å². The highest BCUT2D eigenvalue weighted by Crippen LogP contribution is 2.27. The van der Waals surface area contributed by atoms with E-state index < -0.39 is 24.7 Å². The van der Waals surface area contributed by atoms with Gasteiger partial charge in [0.05, 0.1) is 18.2 Å². The molecule has 4 N–H and O–H groups in total. The third kappa shape index (κ3) is 5.28. The number of esters is 1. The van der Waals surface area contributed by atoms with Crippen molar-refractivity contribution in [3.8, 4) is 17.1 Å². The number of urea groups is 1. The molecule has 0 radical (unpaired) electrons. The van der Waals surface area contributed by atoms with Crippen LogP contribution in [0.4, 0.5) is 13.6 Å². The van der Waals surface area contributed by atoms with E-state index in [1.807, 2.05) is 6.92 Å². The molecule has 172 valence electrons. The second-order valence-electron chi connectivity index (χ2n) is 6.54. The van der Waals surface area contributed by atoms with E-state index >= 15 is 0 Å². The van der Waals surface area contributed by atoms with Crippen molar-refractivity contribution in [3.63, 3.8) is 0 Å². The molecule has 10 nitrogen and oxygen atoms in total. The molecule has 1 aliphatic rings. The Labute approximate surface area is 186 Å². The number of carbonyl (C=O) groups excluding carboxylic acids is 2. The molecular formula is C19H22F2N6O4S. The second kappa shape index (κ2) is 10.3. The van der Waals surface area contributed by atoms with E-state index in [0.717, 1.165) is 0 Å². The number of carbonyl (C=O) groups is 2. The summed E-state index contributed by atoms with van der Waals surface area (Å²) in [5.74, 6) is 6.09. The Morgan fingerprint density at radius 2 is 2.00 bits per heavy atom. The van der Waals surface area contributed by atoms with Crippen LogP contribution in [0.25, 0.3) is 11.4 Å². The Morgan fingerprint density at radius 3 is 2.62 bits per heavy atom. The molecule has 1 aromatic heterocycles. The summed E-state index contributed by atoms with van der Waals surface area (Å²) < 4.78 is 35.3. The third-order valence-corrected chi connectivity index (χ3v) is 5.46. The number of nitrogens with zero attached hydrogens (tertiary/aromatic N) is 3. The fourth-order valence-corrected chi connectivity index (χ4v) is 3.90. The number of halogens is 2. The number of benzene rings is 1. The van der Waals surface area contributed by atoms with Crippen molar-refractivity contribution in [1.82, 2.24) is 25.5 Å². The maximum atomic E-state index is 12.5. The lowest BCUT2D eigenvalue weighted by molar-refractivity contribution is -0.139. The number of rotatable bonds is 9. The van der Waals surface area contributed by atoms with Crippen LogP contribution in [-0.2, 0) is 9.53 Å². The minimum Gasteiger partial charge on any atom is -0.463 e. The van der Waals surface area contributed by atoms with Crippen LogP contribution >= 0.6 is 11.8 Å². The van der Waals surface area contributed by atoms with Crippen LogP contribution < -0.4 is 21.2 Å². The maximum Gasteiger partial charge on any atom is 0.387 e. The Hall–Kier alpha value is -3.35. The highest BCUT2D eigenvalue weighted by Gasteiger charge is 2.31. The van der Waals surface area contributed by atoms with Crippen LogP contribution in [0, 0.1) is 0 Å². The number of ether oxygens (including phenoxy) is 2. The van der Waals surface area contributed by atoms with Crippen LogP contribution in [0.5, 0.6) is 5.75 Å². The monoisotopic (exact) mass is 468 g/mol. The zero-order chi connectivity index (χ0) is 23.3. The smallest absolute Gasteiger partial charge is 0.387 e. The topological polar surface area (TPSA) is 133 Å². The second-order valence-corrected chi connectivity index (χ2v) is 7.48. The quantitative estimate of drug-likeness (QED) is 0.290. The Balaban J connectivity index is 1.79.